The number of nitrogens with zero attached hydrogens (tertiary/aromatic N) is 1. The van der Waals surface area contributed by atoms with Crippen molar-refractivity contribution < 1.29 is 8.78 Å². The van der Waals surface area contributed by atoms with E-state index >= 15 is 0 Å². The first-order valence-electron chi connectivity index (χ1n) is 5.93. The highest BCUT2D eigenvalue weighted by Gasteiger charge is 2.11. The summed E-state index contributed by atoms with van der Waals surface area (Å²) < 4.78 is 26.7. The van der Waals surface area contributed by atoms with Gasteiger partial charge in [-0.15, -0.1) is 0 Å². The molecule has 0 amide bonds. The standard InChI is InChI=1S/C14H13BrF2N2/c1-2-13(14-6-3-9(16)8-18-14)19-10-4-5-11(15)12(17)7-10/h3-8,13,19H,2H2,1H3. The lowest BCUT2D eigenvalue weighted by molar-refractivity contribution is 0.613. The normalized spacial score (nSPS) is 12.2. The highest BCUT2D eigenvalue weighted by Crippen LogP contribution is 2.24. The summed E-state index contributed by atoms with van der Waals surface area (Å²) in [5.41, 5.74) is 1.39. The Hall–Kier alpha value is -1.49. The van der Waals surface area contributed by atoms with Crippen molar-refractivity contribution in [1.29, 1.82) is 0 Å². The lowest BCUT2D eigenvalue weighted by atomic mass is 10.1. The number of hydrogen-bond acceptors (Lipinski definition) is 2. The van der Waals surface area contributed by atoms with Crippen LogP contribution in [0.15, 0.2) is 41.0 Å². The minimum Gasteiger partial charge on any atom is -0.377 e. The summed E-state index contributed by atoms with van der Waals surface area (Å²) in [5, 5.41) is 3.19. The number of anilines is 1. The van der Waals surface area contributed by atoms with Gasteiger partial charge in [0.1, 0.15) is 11.6 Å². The molecule has 1 N–H and O–H groups in total. The van der Waals surface area contributed by atoms with E-state index in [1.807, 2.05) is 6.92 Å². The van der Waals surface area contributed by atoms with Gasteiger partial charge >= 0.3 is 0 Å². The molecule has 0 saturated heterocycles. The Balaban J connectivity index is 2.18. The number of hydrogen-bond donors (Lipinski definition) is 1. The molecule has 0 fully saturated rings. The molecule has 2 rings (SSSR count). The van der Waals surface area contributed by atoms with Crippen molar-refractivity contribution in [1.82, 2.24) is 4.98 Å². The second-order valence-electron chi connectivity index (χ2n) is 4.14. The maximum atomic E-state index is 13.4. The van der Waals surface area contributed by atoms with Crippen LogP contribution in [0, 0.1) is 11.6 Å². The Morgan fingerprint density at radius 1 is 1.26 bits per heavy atom. The molecular weight excluding hydrogens is 314 g/mol. The Morgan fingerprint density at radius 3 is 2.63 bits per heavy atom. The first-order valence-corrected chi connectivity index (χ1v) is 6.72. The third-order valence-corrected chi connectivity index (χ3v) is 3.42. The molecule has 2 nitrogen and oxygen atoms in total. The van der Waals surface area contributed by atoms with Crippen molar-refractivity contribution in [2.45, 2.75) is 19.4 Å². The SMILES string of the molecule is CCC(Nc1ccc(Br)c(F)c1)c1ccc(F)cn1. The summed E-state index contributed by atoms with van der Waals surface area (Å²) in [6.45, 7) is 1.98. The van der Waals surface area contributed by atoms with Crippen LogP contribution in [0.3, 0.4) is 0 Å². The van der Waals surface area contributed by atoms with Crippen LogP contribution in [0.5, 0.6) is 0 Å². The molecule has 1 unspecified atom stereocenters. The lowest BCUT2D eigenvalue weighted by Crippen LogP contribution is -2.11. The van der Waals surface area contributed by atoms with Gasteiger partial charge in [-0.3, -0.25) is 4.98 Å². The van der Waals surface area contributed by atoms with Gasteiger partial charge in [0.25, 0.3) is 0 Å². The van der Waals surface area contributed by atoms with Gasteiger partial charge in [-0.1, -0.05) is 6.92 Å². The van der Waals surface area contributed by atoms with Crippen molar-refractivity contribution in [3.05, 3.63) is 58.3 Å². The van der Waals surface area contributed by atoms with E-state index in [0.29, 0.717) is 10.2 Å². The summed E-state index contributed by atoms with van der Waals surface area (Å²) in [5.74, 6) is -0.694. The van der Waals surface area contributed by atoms with Gasteiger partial charge < -0.3 is 5.32 Å². The number of halogens is 3. The van der Waals surface area contributed by atoms with Gasteiger partial charge in [0.05, 0.1) is 22.4 Å². The molecule has 0 aliphatic heterocycles. The molecule has 1 atom stereocenters. The van der Waals surface area contributed by atoms with E-state index in [1.54, 1.807) is 18.2 Å². The Labute approximate surface area is 119 Å². The molecule has 0 radical (unpaired) electrons. The average molecular weight is 327 g/mol. The summed E-state index contributed by atoms with van der Waals surface area (Å²) >= 11 is 3.11. The molecular formula is C14H13BrF2N2. The third-order valence-electron chi connectivity index (χ3n) is 2.78. The van der Waals surface area contributed by atoms with Crippen LogP contribution >= 0.6 is 15.9 Å². The van der Waals surface area contributed by atoms with Crippen LogP contribution < -0.4 is 5.32 Å². The molecule has 1 aromatic carbocycles. The minimum absolute atomic E-state index is 0.0822. The second kappa shape index (κ2) is 6.10. The van der Waals surface area contributed by atoms with E-state index < -0.39 is 0 Å². The zero-order valence-corrected chi connectivity index (χ0v) is 11.9. The Kier molecular flexibility index (Phi) is 4.47. The predicted molar refractivity (Wildman–Crippen MR) is 74.9 cm³/mol. The van der Waals surface area contributed by atoms with Gasteiger partial charge in [-0.25, -0.2) is 8.78 Å². The topological polar surface area (TPSA) is 24.9 Å². The van der Waals surface area contributed by atoms with Crippen molar-refractivity contribution in [2.24, 2.45) is 0 Å². The van der Waals surface area contributed by atoms with Crippen LogP contribution in [-0.2, 0) is 0 Å². The van der Waals surface area contributed by atoms with Gasteiger partial charge in [-0.05, 0) is 52.7 Å². The average Bonchev–Trinajstić information content (AvgIpc) is 2.41. The summed E-state index contributed by atoms with van der Waals surface area (Å²) in [6, 6.07) is 7.75. The number of nitrogens with one attached hydrogen (secondary N) is 1. The van der Waals surface area contributed by atoms with E-state index in [1.165, 1.54) is 18.3 Å². The van der Waals surface area contributed by atoms with Crippen LogP contribution in [0.2, 0.25) is 0 Å². The van der Waals surface area contributed by atoms with Crippen LogP contribution in [0.4, 0.5) is 14.5 Å². The zero-order chi connectivity index (χ0) is 13.8. The highest BCUT2D eigenvalue weighted by atomic mass is 79.9. The smallest absolute Gasteiger partial charge is 0.141 e. The molecule has 19 heavy (non-hydrogen) atoms. The number of pyridine rings is 1. The summed E-state index contributed by atoms with van der Waals surface area (Å²) in [7, 11) is 0. The van der Waals surface area contributed by atoms with E-state index in [2.05, 4.69) is 26.2 Å². The van der Waals surface area contributed by atoms with E-state index in [4.69, 9.17) is 0 Å². The molecule has 1 aromatic heterocycles. The molecule has 0 aliphatic rings. The molecule has 0 bridgehead atoms. The summed E-state index contributed by atoms with van der Waals surface area (Å²) in [6.07, 6.45) is 1.94. The first-order chi connectivity index (χ1) is 9.10. The fourth-order valence-corrected chi connectivity index (χ4v) is 2.01. The molecule has 0 spiro atoms. The lowest BCUT2D eigenvalue weighted by Gasteiger charge is -2.18. The monoisotopic (exact) mass is 326 g/mol. The maximum Gasteiger partial charge on any atom is 0.141 e. The first kappa shape index (κ1) is 13.9. The molecule has 0 aliphatic carbocycles. The number of benzene rings is 1. The van der Waals surface area contributed by atoms with Gasteiger partial charge in [0.15, 0.2) is 0 Å². The van der Waals surface area contributed by atoms with E-state index in [9.17, 15) is 8.78 Å². The number of aromatic nitrogens is 1. The number of rotatable bonds is 4. The zero-order valence-electron chi connectivity index (χ0n) is 10.3. The molecule has 1 heterocycles. The van der Waals surface area contributed by atoms with E-state index in [0.717, 1.165) is 12.1 Å². The molecule has 2 aromatic rings. The van der Waals surface area contributed by atoms with Gasteiger partial charge in [0.2, 0.25) is 0 Å². The Bertz CT molecular complexity index is 558. The van der Waals surface area contributed by atoms with Crippen LogP contribution in [-0.4, -0.2) is 4.98 Å². The fourth-order valence-electron chi connectivity index (χ4n) is 1.77. The van der Waals surface area contributed by atoms with Crippen molar-refractivity contribution >= 4 is 21.6 Å². The Morgan fingerprint density at radius 2 is 2.05 bits per heavy atom. The predicted octanol–water partition coefficient (Wildman–Crippen LogP) is 4.69. The van der Waals surface area contributed by atoms with Crippen molar-refractivity contribution in [2.75, 3.05) is 5.32 Å². The van der Waals surface area contributed by atoms with Crippen LogP contribution in [0.25, 0.3) is 0 Å². The van der Waals surface area contributed by atoms with Gasteiger partial charge in [-0.2, -0.15) is 0 Å². The minimum atomic E-state index is -0.367. The molecule has 100 valence electrons. The quantitative estimate of drug-likeness (QED) is 0.881. The van der Waals surface area contributed by atoms with Crippen molar-refractivity contribution in [3.63, 3.8) is 0 Å². The second-order valence-corrected chi connectivity index (χ2v) is 4.99. The third kappa shape index (κ3) is 3.50. The largest absolute Gasteiger partial charge is 0.377 e. The van der Waals surface area contributed by atoms with Crippen LogP contribution in [0.1, 0.15) is 25.1 Å². The van der Waals surface area contributed by atoms with Crippen molar-refractivity contribution in [3.8, 4) is 0 Å². The molecule has 0 saturated carbocycles. The highest BCUT2D eigenvalue weighted by molar-refractivity contribution is 9.10. The van der Waals surface area contributed by atoms with E-state index in [-0.39, 0.29) is 17.7 Å². The fraction of sp³-hybridized carbons (Fsp3) is 0.214. The molecule has 5 heteroatoms. The summed E-state index contributed by atoms with van der Waals surface area (Å²) in [4.78, 5) is 4.05. The maximum absolute atomic E-state index is 13.4. The van der Waals surface area contributed by atoms with Gasteiger partial charge in [0, 0.05) is 5.69 Å².